The average Bonchev–Trinajstić information content (AvgIpc) is 3.17. The van der Waals surface area contributed by atoms with Crippen molar-refractivity contribution in [3.8, 4) is 0 Å². The Morgan fingerprint density at radius 3 is 2.85 bits per heavy atom. The molecule has 0 radical (unpaired) electrons. The van der Waals surface area contributed by atoms with Crippen molar-refractivity contribution in [1.82, 2.24) is 10.6 Å². The van der Waals surface area contributed by atoms with Crippen LogP contribution in [0, 0.1) is 13.8 Å². The van der Waals surface area contributed by atoms with Gasteiger partial charge in [0.15, 0.2) is 11.6 Å². The third-order valence-corrected chi connectivity index (χ3v) is 3.96. The zero-order valence-electron chi connectivity index (χ0n) is 14.8. The molecule has 2 amide bonds. The van der Waals surface area contributed by atoms with Gasteiger partial charge >= 0.3 is 6.09 Å². The van der Waals surface area contributed by atoms with Gasteiger partial charge in [-0.05, 0) is 33.6 Å². The van der Waals surface area contributed by atoms with Crippen LogP contribution in [0.15, 0.2) is 20.1 Å². The number of hydrogen-bond donors (Lipinski definition) is 2. The van der Waals surface area contributed by atoms with Gasteiger partial charge in [-0.2, -0.15) is 5.10 Å². The van der Waals surface area contributed by atoms with E-state index in [-0.39, 0.29) is 12.4 Å². The molecule has 0 aliphatic heterocycles. The monoisotopic (exact) mass is 360 g/mol. The summed E-state index contributed by atoms with van der Waals surface area (Å²) in [5.74, 6) is 1.37. The van der Waals surface area contributed by atoms with Gasteiger partial charge in [0, 0.05) is 23.6 Å². The SMILES string of the molecule is CCOC(=O)N/N=C1\CCCc2oc(C(=O)Nc3cc(C)on3)c(C)c21. The quantitative estimate of drug-likeness (QED) is 0.809. The zero-order chi connectivity index (χ0) is 18.7. The summed E-state index contributed by atoms with van der Waals surface area (Å²) in [6.07, 6.45) is 1.56. The standard InChI is InChI=1S/C17H20N4O5/c1-4-24-17(23)20-19-11-6-5-7-12-14(11)10(3)15(25-12)16(22)18-13-8-9(2)26-21-13/h8H,4-7H2,1-3H3,(H,20,23)(H,18,21,22)/b19-11+. The van der Waals surface area contributed by atoms with Gasteiger partial charge in [0.05, 0.1) is 12.3 Å². The molecule has 9 nitrogen and oxygen atoms in total. The third kappa shape index (κ3) is 3.61. The number of carbonyl (C=O) groups excluding carboxylic acids is 2. The van der Waals surface area contributed by atoms with Gasteiger partial charge in [-0.1, -0.05) is 5.16 Å². The van der Waals surface area contributed by atoms with Crippen LogP contribution in [0.25, 0.3) is 0 Å². The molecule has 0 unspecified atom stereocenters. The highest BCUT2D eigenvalue weighted by atomic mass is 16.5. The van der Waals surface area contributed by atoms with Gasteiger partial charge in [0.25, 0.3) is 5.91 Å². The second-order valence-corrected chi connectivity index (χ2v) is 5.88. The molecule has 2 aromatic heterocycles. The predicted octanol–water partition coefficient (Wildman–Crippen LogP) is 2.92. The molecular weight excluding hydrogens is 340 g/mol. The molecule has 0 fully saturated rings. The molecule has 1 aliphatic rings. The van der Waals surface area contributed by atoms with E-state index < -0.39 is 12.0 Å². The van der Waals surface area contributed by atoms with Crippen LogP contribution in [-0.4, -0.2) is 29.5 Å². The Labute approximate surface area is 149 Å². The summed E-state index contributed by atoms with van der Waals surface area (Å²) in [4.78, 5) is 24.0. The maximum atomic E-state index is 12.5. The molecule has 9 heteroatoms. The first-order valence-corrected chi connectivity index (χ1v) is 8.36. The highest BCUT2D eigenvalue weighted by Crippen LogP contribution is 2.30. The smallest absolute Gasteiger partial charge is 0.427 e. The van der Waals surface area contributed by atoms with Crippen LogP contribution < -0.4 is 10.7 Å². The zero-order valence-corrected chi connectivity index (χ0v) is 14.8. The van der Waals surface area contributed by atoms with E-state index in [1.165, 1.54) is 0 Å². The normalized spacial score (nSPS) is 14.8. The Hall–Kier alpha value is -3.10. The first-order valence-electron chi connectivity index (χ1n) is 8.36. The minimum absolute atomic E-state index is 0.196. The average molecular weight is 360 g/mol. The van der Waals surface area contributed by atoms with E-state index in [0.29, 0.717) is 41.5 Å². The lowest BCUT2D eigenvalue weighted by Crippen LogP contribution is -2.22. The summed E-state index contributed by atoms with van der Waals surface area (Å²) in [6.45, 7) is 5.50. The van der Waals surface area contributed by atoms with Crippen molar-refractivity contribution in [3.63, 3.8) is 0 Å². The number of hydrazone groups is 1. The number of ether oxygens (including phenoxy) is 1. The van der Waals surface area contributed by atoms with Crippen LogP contribution >= 0.6 is 0 Å². The summed E-state index contributed by atoms with van der Waals surface area (Å²) in [5, 5.41) is 10.5. The van der Waals surface area contributed by atoms with Gasteiger partial charge in [-0.15, -0.1) is 0 Å². The second kappa shape index (κ2) is 7.42. The Bertz CT molecular complexity index is 865. The summed E-state index contributed by atoms with van der Waals surface area (Å²) in [7, 11) is 0. The minimum atomic E-state index is -0.618. The van der Waals surface area contributed by atoms with Crippen molar-refractivity contribution in [2.24, 2.45) is 5.10 Å². The number of anilines is 1. The van der Waals surface area contributed by atoms with Gasteiger partial charge in [-0.25, -0.2) is 10.2 Å². The molecule has 2 aromatic rings. The number of aryl methyl sites for hydroxylation is 2. The van der Waals surface area contributed by atoms with Crippen molar-refractivity contribution in [3.05, 3.63) is 34.5 Å². The second-order valence-electron chi connectivity index (χ2n) is 5.88. The number of furan rings is 1. The maximum absolute atomic E-state index is 12.5. The Morgan fingerprint density at radius 2 is 2.15 bits per heavy atom. The van der Waals surface area contributed by atoms with Crippen LogP contribution in [0.5, 0.6) is 0 Å². The van der Waals surface area contributed by atoms with Crippen LogP contribution in [-0.2, 0) is 11.2 Å². The molecule has 1 aliphatic carbocycles. The molecule has 138 valence electrons. The number of nitrogens with zero attached hydrogens (tertiary/aromatic N) is 2. The highest BCUT2D eigenvalue weighted by molar-refractivity contribution is 6.09. The lowest BCUT2D eigenvalue weighted by Gasteiger charge is -2.13. The third-order valence-electron chi connectivity index (χ3n) is 3.96. The van der Waals surface area contributed by atoms with Crippen molar-refractivity contribution in [2.45, 2.75) is 40.0 Å². The first-order chi connectivity index (χ1) is 12.5. The fourth-order valence-corrected chi connectivity index (χ4v) is 2.87. The van der Waals surface area contributed by atoms with E-state index in [0.717, 1.165) is 12.0 Å². The van der Waals surface area contributed by atoms with Crippen LogP contribution in [0.4, 0.5) is 10.6 Å². The summed E-state index contributed by atoms with van der Waals surface area (Å²) in [6, 6.07) is 1.62. The van der Waals surface area contributed by atoms with Gasteiger partial charge in [-0.3, -0.25) is 4.79 Å². The maximum Gasteiger partial charge on any atom is 0.427 e. The van der Waals surface area contributed by atoms with Crippen molar-refractivity contribution >= 4 is 23.5 Å². The minimum Gasteiger partial charge on any atom is -0.455 e. The highest BCUT2D eigenvalue weighted by Gasteiger charge is 2.28. The molecule has 0 spiro atoms. The first kappa shape index (κ1) is 17.7. The lowest BCUT2D eigenvalue weighted by atomic mass is 9.93. The van der Waals surface area contributed by atoms with E-state index in [2.05, 4.69) is 21.0 Å². The summed E-state index contributed by atoms with van der Waals surface area (Å²) < 4.78 is 15.5. The molecule has 0 saturated heterocycles. The molecule has 0 aromatic carbocycles. The molecule has 26 heavy (non-hydrogen) atoms. The van der Waals surface area contributed by atoms with E-state index >= 15 is 0 Å². The number of rotatable bonds is 4. The molecule has 0 bridgehead atoms. The Morgan fingerprint density at radius 1 is 1.35 bits per heavy atom. The van der Waals surface area contributed by atoms with Gasteiger partial charge in [0.1, 0.15) is 11.5 Å². The van der Waals surface area contributed by atoms with Crippen molar-refractivity contribution in [1.29, 1.82) is 0 Å². The fourth-order valence-electron chi connectivity index (χ4n) is 2.87. The Kier molecular flexibility index (Phi) is 5.06. The molecule has 2 heterocycles. The lowest BCUT2D eigenvalue weighted by molar-refractivity contribution is 0.0993. The number of carbonyl (C=O) groups is 2. The molecule has 3 rings (SSSR count). The van der Waals surface area contributed by atoms with Gasteiger partial charge < -0.3 is 19.0 Å². The molecule has 0 saturated carbocycles. The largest absolute Gasteiger partial charge is 0.455 e. The van der Waals surface area contributed by atoms with Crippen LogP contribution in [0.3, 0.4) is 0 Å². The van der Waals surface area contributed by atoms with E-state index in [9.17, 15) is 9.59 Å². The molecular formula is C17H20N4O5. The predicted molar refractivity (Wildman–Crippen MR) is 92.3 cm³/mol. The number of nitrogens with one attached hydrogen (secondary N) is 2. The van der Waals surface area contributed by atoms with E-state index in [1.807, 2.05) is 0 Å². The number of amides is 2. The van der Waals surface area contributed by atoms with E-state index in [1.54, 1.807) is 26.8 Å². The number of fused-ring (bicyclic) bond motifs is 1. The fraction of sp³-hybridized carbons (Fsp3) is 0.412. The Balaban J connectivity index is 1.84. The molecule has 2 N–H and O–H groups in total. The van der Waals surface area contributed by atoms with E-state index in [4.69, 9.17) is 13.7 Å². The summed E-state index contributed by atoms with van der Waals surface area (Å²) >= 11 is 0. The topological polar surface area (TPSA) is 119 Å². The number of hydrogen-bond acceptors (Lipinski definition) is 7. The van der Waals surface area contributed by atoms with Crippen molar-refractivity contribution in [2.75, 3.05) is 11.9 Å². The summed E-state index contributed by atoms with van der Waals surface area (Å²) in [5.41, 5.74) is 4.46. The van der Waals surface area contributed by atoms with Crippen LogP contribution in [0.1, 0.15) is 53.0 Å². The molecule has 0 atom stereocenters. The van der Waals surface area contributed by atoms with Crippen LogP contribution in [0.2, 0.25) is 0 Å². The van der Waals surface area contributed by atoms with Crippen molar-refractivity contribution < 1.29 is 23.3 Å². The number of aromatic nitrogens is 1. The van der Waals surface area contributed by atoms with Gasteiger partial charge in [0.2, 0.25) is 0 Å².